The second kappa shape index (κ2) is 5.89. The Kier molecular flexibility index (Phi) is 4.23. The summed E-state index contributed by atoms with van der Waals surface area (Å²) < 4.78 is 10.4. The lowest BCUT2D eigenvalue weighted by Gasteiger charge is -2.11. The second-order valence-electron chi connectivity index (χ2n) is 3.87. The molecule has 0 radical (unpaired) electrons. The molecule has 0 bridgehead atoms. The lowest BCUT2D eigenvalue weighted by molar-refractivity contribution is 0.0484. The fourth-order valence-corrected chi connectivity index (χ4v) is 1.76. The minimum atomic E-state index is -0.470. The maximum atomic E-state index is 11.4. The fourth-order valence-electron chi connectivity index (χ4n) is 1.63. The molecule has 0 unspecified atom stereocenters. The van der Waals surface area contributed by atoms with Crippen LogP contribution in [0.3, 0.4) is 0 Å². The Hall–Kier alpha value is -1.26. The molecular formula is C12H14ClNO3. The Labute approximate surface area is 105 Å². The Morgan fingerprint density at radius 2 is 2.24 bits per heavy atom. The van der Waals surface area contributed by atoms with Crippen LogP contribution in [0.2, 0.25) is 5.02 Å². The van der Waals surface area contributed by atoms with Gasteiger partial charge in [0.1, 0.15) is 6.61 Å². The van der Waals surface area contributed by atoms with Gasteiger partial charge in [-0.25, -0.2) is 4.79 Å². The first-order valence-corrected chi connectivity index (χ1v) is 5.93. The predicted molar refractivity (Wildman–Crippen MR) is 65.4 cm³/mol. The van der Waals surface area contributed by atoms with E-state index >= 15 is 0 Å². The van der Waals surface area contributed by atoms with Crippen LogP contribution in [0.1, 0.15) is 12.8 Å². The Morgan fingerprint density at radius 1 is 1.47 bits per heavy atom. The number of hydrogen-bond acceptors (Lipinski definition) is 3. The van der Waals surface area contributed by atoms with Crippen molar-refractivity contribution in [3.8, 4) is 0 Å². The SMILES string of the molecule is O=C(Nc1ccc(Cl)cc1)OC[C@@H]1CCCO1. The molecule has 4 nitrogen and oxygen atoms in total. The zero-order valence-electron chi connectivity index (χ0n) is 9.32. The van der Waals surface area contributed by atoms with Crippen molar-refractivity contribution in [2.45, 2.75) is 18.9 Å². The van der Waals surface area contributed by atoms with Gasteiger partial charge in [-0.1, -0.05) is 11.6 Å². The molecule has 1 aromatic carbocycles. The van der Waals surface area contributed by atoms with E-state index in [0.29, 0.717) is 17.3 Å². The largest absolute Gasteiger partial charge is 0.447 e. The number of halogens is 1. The van der Waals surface area contributed by atoms with Gasteiger partial charge < -0.3 is 9.47 Å². The number of carbonyl (C=O) groups excluding carboxylic acids is 1. The molecule has 1 aliphatic heterocycles. The lowest BCUT2D eigenvalue weighted by Crippen LogP contribution is -2.21. The first-order valence-electron chi connectivity index (χ1n) is 5.55. The molecule has 17 heavy (non-hydrogen) atoms. The summed E-state index contributed by atoms with van der Waals surface area (Å²) >= 11 is 5.73. The highest BCUT2D eigenvalue weighted by Crippen LogP contribution is 2.14. The molecule has 1 fully saturated rings. The number of amides is 1. The summed E-state index contributed by atoms with van der Waals surface area (Å²) in [6.07, 6.45) is 1.56. The van der Waals surface area contributed by atoms with Gasteiger partial charge in [0, 0.05) is 17.3 Å². The minimum Gasteiger partial charge on any atom is -0.447 e. The van der Waals surface area contributed by atoms with Crippen LogP contribution in [-0.4, -0.2) is 25.4 Å². The van der Waals surface area contributed by atoms with Crippen LogP contribution >= 0.6 is 11.6 Å². The summed E-state index contributed by atoms with van der Waals surface area (Å²) in [5.41, 5.74) is 0.659. The molecule has 2 rings (SSSR count). The van der Waals surface area contributed by atoms with Crippen molar-refractivity contribution >= 4 is 23.4 Å². The monoisotopic (exact) mass is 255 g/mol. The molecule has 1 amide bonds. The van der Waals surface area contributed by atoms with Crippen LogP contribution in [0.4, 0.5) is 10.5 Å². The highest BCUT2D eigenvalue weighted by Gasteiger charge is 2.17. The van der Waals surface area contributed by atoms with Gasteiger partial charge in [-0.3, -0.25) is 5.32 Å². The normalized spacial score (nSPS) is 19.0. The third kappa shape index (κ3) is 3.91. The van der Waals surface area contributed by atoms with Gasteiger partial charge in [-0.15, -0.1) is 0 Å². The molecule has 1 heterocycles. The number of benzene rings is 1. The van der Waals surface area contributed by atoms with Gasteiger partial charge in [0.2, 0.25) is 0 Å². The smallest absolute Gasteiger partial charge is 0.411 e. The summed E-state index contributed by atoms with van der Waals surface area (Å²) in [7, 11) is 0. The summed E-state index contributed by atoms with van der Waals surface area (Å²) in [5.74, 6) is 0. The molecule has 0 aliphatic carbocycles. The molecule has 0 aromatic heterocycles. The summed E-state index contributed by atoms with van der Waals surface area (Å²) in [4.78, 5) is 11.4. The van der Waals surface area contributed by atoms with Gasteiger partial charge in [0.25, 0.3) is 0 Å². The van der Waals surface area contributed by atoms with Crippen LogP contribution in [0, 0.1) is 0 Å². The number of anilines is 1. The number of ether oxygens (including phenoxy) is 2. The highest BCUT2D eigenvalue weighted by molar-refractivity contribution is 6.30. The van der Waals surface area contributed by atoms with Crippen molar-refractivity contribution in [1.29, 1.82) is 0 Å². The summed E-state index contributed by atoms with van der Waals surface area (Å²) in [6.45, 7) is 1.06. The van der Waals surface area contributed by atoms with Crippen LogP contribution in [0.15, 0.2) is 24.3 Å². The summed E-state index contributed by atoms with van der Waals surface area (Å²) in [5, 5.41) is 3.25. The van der Waals surface area contributed by atoms with Crippen molar-refractivity contribution in [3.63, 3.8) is 0 Å². The Morgan fingerprint density at radius 3 is 2.88 bits per heavy atom. The average molecular weight is 256 g/mol. The zero-order chi connectivity index (χ0) is 12.1. The minimum absolute atomic E-state index is 0.0472. The third-order valence-electron chi connectivity index (χ3n) is 2.51. The first kappa shape index (κ1) is 12.2. The van der Waals surface area contributed by atoms with Gasteiger partial charge in [0.05, 0.1) is 6.10 Å². The molecule has 0 spiro atoms. The molecule has 92 valence electrons. The van der Waals surface area contributed by atoms with Crippen LogP contribution in [0.25, 0.3) is 0 Å². The molecule has 1 aliphatic rings. The highest BCUT2D eigenvalue weighted by atomic mass is 35.5. The standard InChI is InChI=1S/C12H14ClNO3/c13-9-3-5-10(6-4-9)14-12(15)17-8-11-2-1-7-16-11/h3-6,11H,1-2,7-8H2,(H,14,15)/t11-/m0/s1. The van der Waals surface area contributed by atoms with E-state index in [1.807, 2.05) is 0 Å². The van der Waals surface area contributed by atoms with Crippen molar-refractivity contribution in [2.75, 3.05) is 18.5 Å². The van der Waals surface area contributed by atoms with Gasteiger partial charge >= 0.3 is 6.09 Å². The van der Waals surface area contributed by atoms with E-state index < -0.39 is 6.09 Å². The molecule has 1 aromatic rings. The van der Waals surface area contributed by atoms with Gasteiger partial charge in [-0.05, 0) is 37.1 Å². The number of carbonyl (C=O) groups is 1. The van der Waals surface area contributed by atoms with Crippen molar-refractivity contribution in [2.24, 2.45) is 0 Å². The predicted octanol–water partition coefficient (Wildman–Crippen LogP) is 3.07. The topological polar surface area (TPSA) is 47.6 Å². The van der Waals surface area contributed by atoms with E-state index in [2.05, 4.69) is 5.32 Å². The Bertz CT molecular complexity index is 374. The average Bonchev–Trinajstić information content (AvgIpc) is 2.83. The quantitative estimate of drug-likeness (QED) is 0.903. The number of hydrogen-bond donors (Lipinski definition) is 1. The second-order valence-corrected chi connectivity index (χ2v) is 4.30. The lowest BCUT2D eigenvalue weighted by atomic mass is 10.2. The maximum absolute atomic E-state index is 11.4. The maximum Gasteiger partial charge on any atom is 0.411 e. The van der Waals surface area contributed by atoms with E-state index in [4.69, 9.17) is 21.1 Å². The van der Waals surface area contributed by atoms with E-state index in [1.165, 1.54) is 0 Å². The van der Waals surface area contributed by atoms with Crippen LogP contribution < -0.4 is 5.32 Å². The Balaban J connectivity index is 1.74. The van der Waals surface area contributed by atoms with E-state index in [1.54, 1.807) is 24.3 Å². The molecule has 5 heteroatoms. The first-order chi connectivity index (χ1) is 8.24. The number of nitrogens with one attached hydrogen (secondary N) is 1. The molecule has 1 saturated heterocycles. The van der Waals surface area contributed by atoms with E-state index in [9.17, 15) is 4.79 Å². The van der Waals surface area contributed by atoms with E-state index in [-0.39, 0.29) is 6.10 Å². The molecular weight excluding hydrogens is 242 g/mol. The number of rotatable bonds is 3. The van der Waals surface area contributed by atoms with Crippen molar-refractivity contribution in [3.05, 3.63) is 29.3 Å². The van der Waals surface area contributed by atoms with Crippen molar-refractivity contribution < 1.29 is 14.3 Å². The van der Waals surface area contributed by atoms with Crippen LogP contribution in [0.5, 0.6) is 0 Å². The van der Waals surface area contributed by atoms with E-state index in [0.717, 1.165) is 19.4 Å². The molecule has 0 saturated carbocycles. The summed E-state index contributed by atoms with van der Waals surface area (Å²) in [6, 6.07) is 6.85. The van der Waals surface area contributed by atoms with Crippen molar-refractivity contribution in [1.82, 2.24) is 0 Å². The van der Waals surface area contributed by atoms with Gasteiger partial charge in [0.15, 0.2) is 0 Å². The molecule has 1 N–H and O–H groups in total. The zero-order valence-corrected chi connectivity index (χ0v) is 10.1. The fraction of sp³-hybridized carbons (Fsp3) is 0.417. The van der Waals surface area contributed by atoms with Gasteiger partial charge in [-0.2, -0.15) is 0 Å². The third-order valence-corrected chi connectivity index (χ3v) is 2.77. The van der Waals surface area contributed by atoms with Crippen LogP contribution in [-0.2, 0) is 9.47 Å². The molecule has 1 atom stereocenters.